The van der Waals surface area contributed by atoms with E-state index in [1.165, 1.54) is 12.8 Å². The first-order valence-electron chi connectivity index (χ1n) is 10.1. The molecule has 3 aromatic rings. The summed E-state index contributed by atoms with van der Waals surface area (Å²) >= 11 is 0. The number of aromatic nitrogens is 2. The van der Waals surface area contributed by atoms with Gasteiger partial charge in [0, 0.05) is 11.9 Å². The second-order valence-corrected chi connectivity index (χ2v) is 7.36. The Morgan fingerprint density at radius 3 is 2.35 bits per heavy atom. The Morgan fingerprint density at radius 1 is 0.968 bits per heavy atom. The lowest BCUT2D eigenvalue weighted by Crippen LogP contribution is -2.12. The molecule has 0 amide bonds. The topological polar surface area (TPSA) is 56.3 Å². The van der Waals surface area contributed by atoms with Crippen LogP contribution in [0.1, 0.15) is 36.8 Å². The van der Waals surface area contributed by atoms with Crippen LogP contribution in [-0.2, 0) is 12.8 Å². The number of hydrogen-bond donors (Lipinski definition) is 1. The molecule has 162 valence electrons. The van der Waals surface area contributed by atoms with Crippen molar-refractivity contribution in [3.8, 4) is 11.6 Å². The molecule has 1 aliphatic rings. The number of nitrogens with zero attached hydrogens (tertiary/aromatic N) is 2. The van der Waals surface area contributed by atoms with E-state index in [9.17, 15) is 13.2 Å². The molecular formula is C23H22F3N3O2. The maximum Gasteiger partial charge on any atom is 0.423 e. The van der Waals surface area contributed by atoms with E-state index in [0.717, 1.165) is 30.4 Å². The van der Waals surface area contributed by atoms with E-state index in [4.69, 9.17) is 9.47 Å². The van der Waals surface area contributed by atoms with Crippen molar-refractivity contribution in [3.05, 3.63) is 71.9 Å². The molecule has 0 aliphatic heterocycles. The van der Waals surface area contributed by atoms with E-state index in [0.29, 0.717) is 5.69 Å². The molecule has 31 heavy (non-hydrogen) atoms. The molecular weight excluding hydrogens is 407 g/mol. The maximum absolute atomic E-state index is 13.3. The van der Waals surface area contributed by atoms with Crippen LogP contribution in [0.25, 0.3) is 0 Å². The summed E-state index contributed by atoms with van der Waals surface area (Å²) in [6.45, 7) is -0.0342. The minimum atomic E-state index is -4.62. The Balaban J connectivity index is 1.47. The molecule has 1 aliphatic carbocycles. The highest BCUT2D eigenvalue weighted by Gasteiger charge is 2.36. The molecule has 5 nitrogen and oxygen atoms in total. The van der Waals surface area contributed by atoms with Crippen molar-refractivity contribution in [1.29, 1.82) is 0 Å². The number of rotatable bonds is 7. The SMILES string of the molecule is FC(F)(F)c1cnc(Nc2ccc(OC3CCCC3)cc2)nc1OCc1ccccc1. The molecule has 0 unspecified atom stereocenters. The molecule has 0 spiro atoms. The number of anilines is 2. The zero-order chi connectivity index (χ0) is 21.7. The first kappa shape index (κ1) is 21.0. The van der Waals surface area contributed by atoms with Crippen LogP contribution in [0.3, 0.4) is 0 Å². The van der Waals surface area contributed by atoms with Gasteiger partial charge in [-0.25, -0.2) is 4.98 Å². The van der Waals surface area contributed by atoms with Gasteiger partial charge < -0.3 is 14.8 Å². The number of nitrogens with one attached hydrogen (secondary N) is 1. The van der Waals surface area contributed by atoms with Gasteiger partial charge in [0.1, 0.15) is 17.9 Å². The van der Waals surface area contributed by atoms with Gasteiger partial charge >= 0.3 is 6.18 Å². The standard InChI is InChI=1S/C23H22F3N3O2/c24-23(25,26)20-14-27-22(29-21(20)30-15-16-6-2-1-3-7-16)28-17-10-12-19(13-11-17)31-18-8-4-5-9-18/h1-3,6-7,10-14,18H,4-5,8-9,15H2,(H,27,28,29). The van der Waals surface area contributed by atoms with Crippen LogP contribution in [0, 0.1) is 0 Å². The summed E-state index contributed by atoms with van der Waals surface area (Å²) < 4.78 is 51.4. The van der Waals surface area contributed by atoms with Crippen molar-refractivity contribution in [1.82, 2.24) is 9.97 Å². The lowest BCUT2D eigenvalue weighted by molar-refractivity contribution is -0.139. The highest BCUT2D eigenvalue weighted by molar-refractivity contribution is 5.55. The number of hydrogen-bond acceptors (Lipinski definition) is 5. The van der Waals surface area contributed by atoms with Gasteiger partial charge in [0.25, 0.3) is 0 Å². The third kappa shape index (κ3) is 5.65. The van der Waals surface area contributed by atoms with E-state index in [2.05, 4.69) is 15.3 Å². The second-order valence-electron chi connectivity index (χ2n) is 7.36. The fourth-order valence-corrected chi connectivity index (χ4v) is 3.40. The van der Waals surface area contributed by atoms with Crippen LogP contribution < -0.4 is 14.8 Å². The first-order valence-corrected chi connectivity index (χ1v) is 10.1. The summed E-state index contributed by atoms with van der Waals surface area (Å²) in [5, 5.41) is 2.92. The van der Waals surface area contributed by atoms with Gasteiger partial charge in [-0.15, -0.1) is 0 Å². The Hall–Kier alpha value is -3.29. The number of alkyl halides is 3. The minimum absolute atomic E-state index is 0.0144. The van der Waals surface area contributed by atoms with E-state index in [1.54, 1.807) is 36.4 Å². The van der Waals surface area contributed by atoms with Crippen molar-refractivity contribution in [2.24, 2.45) is 0 Å². The summed E-state index contributed by atoms with van der Waals surface area (Å²) in [5.74, 6) is 0.258. The molecule has 0 radical (unpaired) electrons. The summed E-state index contributed by atoms with van der Waals surface area (Å²) in [7, 11) is 0. The molecule has 1 heterocycles. The van der Waals surface area contributed by atoms with Gasteiger partial charge in [0.15, 0.2) is 0 Å². The van der Waals surface area contributed by atoms with Gasteiger partial charge in [0.2, 0.25) is 11.8 Å². The van der Waals surface area contributed by atoms with Crippen molar-refractivity contribution in [2.75, 3.05) is 5.32 Å². The summed E-state index contributed by atoms with van der Waals surface area (Å²) in [6.07, 6.45) is 0.850. The number of halogens is 3. The molecule has 0 bridgehead atoms. The van der Waals surface area contributed by atoms with E-state index in [1.807, 2.05) is 18.2 Å². The molecule has 1 aromatic heterocycles. The van der Waals surface area contributed by atoms with Gasteiger partial charge in [-0.3, -0.25) is 0 Å². The fourth-order valence-electron chi connectivity index (χ4n) is 3.40. The Kier molecular flexibility index (Phi) is 6.25. The van der Waals surface area contributed by atoms with Gasteiger partial charge in [-0.05, 0) is 55.5 Å². The molecule has 8 heteroatoms. The van der Waals surface area contributed by atoms with Crippen molar-refractivity contribution in [3.63, 3.8) is 0 Å². The minimum Gasteiger partial charge on any atom is -0.490 e. The molecule has 0 saturated heterocycles. The highest BCUT2D eigenvalue weighted by Crippen LogP contribution is 2.35. The van der Waals surface area contributed by atoms with Crippen LogP contribution in [0.4, 0.5) is 24.8 Å². The molecule has 1 saturated carbocycles. The Labute approximate surface area is 178 Å². The Bertz CT molecular complexity index is 989. The molecule has 0 atom stereocenters. The van der Waals surface area contributed by atoms with Gasteiger partial charge in [0.05, 0.1) is 6.10 Å². The first-order chi connectivity index (χ1) is 15.0. The third-order valence-electron chi connectivity index (χ3n) is 4.99. The summed E-state index contributed by atoms with van der Waals surface area (Å²) in [4.78, 5) is 7.77. The maximum atomic E-state index is 13.3. The molecule has 2 aromatic carbocycles. The Morgan fingerprint density at radius 2 is 1.68 bits per heavy atom. The fraction of sp³-hybridized carbons (Fsp3) is 0.304. The smallest absolute Gasteiger partial charge is 0.423 e. The molecule has 1 fully saturated rings. The van der Waals surface area contributed by atoms with Crippen LogP contribution in [-0.4, -0.2) is 16.1 Å². The van der Waals surface area contributed by atoms with Gasteiger partial charge in [-0.2, -0.15) is 18.2 Å². The monoisotopic (exact) mass is 429 g/mol. The normalized spacial score (nSPS) is 14.4. The lowest BCUT2D eigenvalue weighted by Gasteiger charge is -2.15. The van der Waals surface area contributed by atoms with Crippen molar-refractivity contribution in [2.45, 2.75) is 44.6 Å². The average molecular weight is 429 g/mol. The summed E-state index contributed by atoms with van der Waals surface area (Å²) in [6, 6.07) is 16.1. The van der Waals surface area contributed by atoms with Crippen LogP contribution in [0.5, 0.6) is 11.6 Å². The van der Waals surface area contributed by atoms with Crippen molar-refractivity contribution >= 4 is 11.6 Å². The van der Waals surface area contributed by atoms with E-state index < -0.39 is 17.6 Å². The molecule has 4 rings (SSSR count). The second kappa shape index (κ2) is 9.24. The van der Waals surface area contributed by atoms with Crippen LogP contribution >= 0.6 is 0 Å². The predicted octanol–water partition coefficient (Wildman–Crippen LogP) is 6.14. The third-order valence-corrected chi connectivity index (χ3v) is 4.99. The van der Waals surface area contributed by atoms with Crippen LogP contribution in [0.15, 0.2) is 60.8 Å². The van der Waals surface area contributed by atoms with Crippen molar-refractivity contribution < 1.29 is 22.6 Å². The zero-order valence-corrected chi connectivity index (χ0v) is 16.7. The largest absolute Gasteiger partial charge is 0.490 e. The average Bonchev–Trinajstić information content (AvgIpc) is 3.27. The van der Waals surface area contributed by atoms with E-state index in [-0.39, 0.29) is 18.7 Å². The van der Waals surface area contributed by atoms with Crippen LogP contribution in [0.2, 0.25) is 0 Å². The number of ether oxygens (including phenoxy) is 2. The summed E-state index contributed by atoms with van der Waals surface area (Å²) in [5.41, 5.74) is 0.350. The molecule has 1 N–H and O–H groups in total. The number of benzene rings is 2. The predicted molar refractivity (Wildman–Crippen MR) is 110 cm³/mol. The van der Waals surface area contributed by atoms with Gasteiger partial charge in [-0.1, -0.05) is 30.3 Å². The quantitative estimate of drug-likeness (QED) is 0.489. The van der Waals surface area contributed by atoms with E-state index >= 15 is 0 Å². The zero-order valence-electron chi connectivity index (χ0n) is 16.7. The lowest BCUT2D eigenvalue weighted by atomic mass is 10.2. The highest BCUT2D eigenvalue weighted by atomic mass is 19.4.